The molecule has 5 nitrogen and oxygen atoms in total. The number of hydrogen-bond donors (Lipinski definition) is 2. The summed E-state index contributed by atoms with van der Waals surface area (Å²) in [5, 5.41) is 21.5. The van der Waals surface area contributed by atoms with Crippen LogP contribution in [0.1, 0.15) is 17.5 Å². The smallest absolute Gasteiger partial charge is 0.227 e. The molecular formula is C22H28N2O3. The lowest BCUT2D eigenvalue weighted by Gasteiger charge is -2.43. The van der Waals surface area contributed by atoms with Crippen LogP contribution in [0.5, 0.6) is 0 Å². The highest BCUT2D eigenvalue weighted by Crippen LogP contribution is 2.25. The first kappa shape index (κ1) is 19.5. The Morgan fingerprint density at radius 3 is 2.30 bits per heavy atom. The summed E-state index contributed by atoms with van der Waals surface area (Å²) in [6.45, 7) is 1.69. The van der Waals surface area contributed by atoms with Gasteiger partial charge in [0, 0.05) is 26.2 Å². The van der Waals surface area contributed by atoms with Gasteiger partial charge in [0.25, 0.3) is 0 Å². The van der Waals surface area contributed by atoms with Crippen molar-refractivity contribution in [2.75, 3.05) is 26.7 Å². The van der Waals surface area contributed by atoms with E-state index in [2.05, 4.69) is 0 Å². The third kappa shape index (κ3) is 5.16. The van der Waals surface area contributed by atoms with Crippen LogP contribution >= 0.6 is 0 Å². The third-order valence-electron chi connectivity index (χ3n) is 5.22. The summed E-state index contributed by atoms with van der Waals surface area (Å²) in [6, 6.07) is 19.6. The molecule has 2 aromatic carbocycles. The van der Waals surface area contributed by atoms with Crippen LogP contribution in [0, 0.1) is 0 Å². The van der Waals surface area contributed by atoms with E-state index in [1.165, 1.54) is 0 Å². The number of benzene rings is 2. The summed E-state index contributed by atoms with van der Waals surface area (Å²) in [7, 11) is 1.94. The number of hydrogen-bond acceptors (Lipinski definition) is 4. The largest absolute Gasteiger partial charge is 0.388 e. The van der Waals surface area contributed by atoms with Crippen LogP contribution in [-0.4, -0.2) is 64.3 Å². The molecule has 144 valence electrons. The molecule has 0 unspecified atom stereocenters. The van der Waals surface area contributed by atoms with Crippen molar-refractivity contribution >= 4 is 5.91 Å². The van der Waals surface area contributed by atoms with Gasteiger partial charge in [0.15, 0.2) is 0 Å². The maximum atomic E-state index is 12.5. The van der Waals surface area contributed by atoms with Gasteiger partial charge in [-0.15, -0.1) is 0 Å². The minimum Gasteiger partial charge on any atom is -0.388 e. The number of β-amino-alcohol motifs (C(OH)–C–C–N with tert-alkyl or cyclic N) is 1. The average molecular weight is 368 g/mol. The number of likely N-dealkylation sites (N-methyl/N-ethyl adjacent to an activating group) is 1. The summed E-state index contributed by atoms with van der Waals surface area (Å²) < 4.78 is 0. The number of rotatable bonds is 6. The van der Waals surface area contributed by atoms with Gasteiger partial charge >= 0.3 is 0 Å². The zero-order valence-electron chi connectivity index (χ0n) is 15.8. The van der Waals surface area contributed by atoms with Crippen molar-refractivity contribution in [2.45, 2.75) is 31.1 Å². The molecule has 1 aliphatic rings. The summed E-state index contributed by atoms with van der Waals surface area (Å²) in [4.78, 5) is 16.2. The Balaban J connectivity index is 1.54. The van der Waals surface area contributed by atoms with Crippen LogP contribution in [0.4, 0.5) is 0 Å². The first-order valence-corrected chi connectivity index (χ1v) is 9.41. The van der Waals surface area contributed by atoms with Gasteiger partial charge in [-0.25, -0.2) is 0 Å². The molecule has 2 atom stereocenters. The second-order valence-electron chi connectivity index (χ2n) is 7.53. The van der Waals surface area contributed by atoms with Crippen LogP contribution in [0.3, 0.4) is 0 Å². The van der Waals surface area contributed by atoms with Crippen molar-refractivity contribution in [1.29, 1.82) is 0 Å². The lowest BCUT2D eigenvalue weighted by Crippen LogP contribution is -2.60. The highest BCUT2D eigenvalue weighted by atomic mass is 16.3. The minimum absolute atomic E-state index is 0.0139. The molecule has 0 aromatic heterocycles. The van der Waals surface area contributed by atoms with E-state index >= 15 is 0 Å². The van der Waals surface area contributed by atoms with E-state index in [1.54, 1.807) is 4.90 Å². The van der Waals surface area contributed by atoms with Gasteiger partial charge in [0.1, 0.15) is 11.7 Å². The zero-order chi connectivity index (χ0) is 19.3. The van der Waals surface area contributed by atoms with E-state index in [0.29, 0.717) is 32.5 Å². The molecule has 5 heteroatoms. The number of aliphatic hydroxyl groups excluding tert-OH is 1. The standard InChI is InChI=1S/C22H28N2O3/c1-23(15-19-10-6-3-7-11-19)17-22(27)12-13-24(16-20(22)25)21(26)14-18-8-4-2-5-9-18/h2-11,20,25,27H,12-17H2,1H3/t20-,22-/m0/s1. The topological polar surface area (TPSA) is 64.0 Å². The van der Waals surface area contributed by atoms with Crippen molar-refractivity contribution in [3.8, 4) is 0 Å². The number of nitrogens with zero attached hydrogens (tertiary/aromatic N) is 2. The van der Waals surface area contributed by atoms with Gasteiger partial charge in [-0.2, -0.15) is 0 Å². The number of aliphatic hydroxyl groups is 2. The van der Waals surface area contributed by atoms with Crippen LogP contribution < -0.4 is 0 Å². The summed E-state index contributed by atoms with van der Waals surface area (Å²) in [5.74, 6) is -0.0139. The quantitative estimate of drug-likeness (QED) is 0.814. The fourth-order valence-corrected chi connectivity index (χ4v) is 3.68. The normalized spacial score (nSPS) is 22.8. The fourth-order valence-electron chi connectivity index (χ4n) is 3.68. The Hall–Kier alpha value is -2.21. The summed E-state index contributed by atoms with van der Waals surface area (Å²) >= 11 is 0. The molecule has 0 radical (unpaired) electrons. The molecule has 1 aliphatic heterocycles. The number of likely N-dealkylation sites (tertiary alicyclic amines) is 1. The van der Waals surface area contributed by atoms with Crippen LogP contribution in [0.2, 0.25) is 0 Å². The number of amides is 1. The van der Waals surface area contributed by atoms with Crippen molar-refractivity contribution in [2.24, 2.45) is 0 Å². The molecule has 0 bridgehead atoms. The van der Waals surface area contributed by atoms with E-state index in [-0.39, 0.29) is 12.5 Å². The molecular weight excluding hydrogens is 340 g/mol. The molecule has 1 saturated heterocycles. The fraction of sp³-hybridized carbons (Fsp3) is 0.409. The molecule has 1 amide bonds. The number of carbonyl (C=O) groups excluding carboxylic acids is 1. The van der Waals surface area contributed by atoms with Gasteiger partial charge < -0.3 is 15.1 Å². The van der Waals surface area contributed by atoms with Crippen molar-refractivity contribution < 1.29 is 15.0 Å². The highest BCUT2D eigenvalue weighted by molar-refractivity contribution is 5.79. The molecule has 2 aromatic rings. The summed E-state index contributed by atoms with van der Waals surface area (Å²) in [5.41, 5.74) is 0.918. The Bertz CT molecular complexity index is 738. The highest BCUT2D eigenvalue weighted by Gasteiger charge is 2.42. The first-order valence-electron chi connectivity index (χ1n) is 9.41. The van der Waals surface area contributed by atoms with Crippen LogP contribution in [-0.2, 0) is 17.8 Å². The van der Waals surface area contributed by atoms with Crippen molar-refractivity contribution in [1.82, 2.24) is 9.80 Å². The Kier molecular flexibility index (Phi) is 6.26. The van der Waals surface area contributed by atoms with Gasteiger partial charge in [0.05, 0.1) is 6.42 Å². The minimum atomic E-state index is -1.20. The molecule has 27 heavy (non-hydrogen) atoms. The van der Waals surface area contributed by atoms with E-state index in [0.717, 1.165) is 11.1 Å². The maximum Gasteiger partial charge on any atom is 0.227 e. The van der Waals surface area contributed by atoms with Gasteiger partial charge in [-0.05, 0) is 24.6 Å². The first-order chi connectivity index (χ1) is 13.0. The van der Waals surface area contributed by atoms with Gasteiger partial charge in [-0.3, -0.25) is 9.69 Å². The number of piperidine rings is 1. The van der Waals surface area contributed by atoms with Crippen LogP contribution in [0.15, 0.2) is 60.7 Å². The van der Waals surface area contributed by atoms with E-state index < -0.39 is 11.7 Å². The zero-order valence-corrected chi connectivity index (χ0v) is 15.8. The summed E-state index contributed by atoms with van der Waals surface area (Å²) in [6.07, 6.45) is -0.266. The molecule has 0 spiro atoms. The Labute approximate surface area is 160 Å². The Morgan fingerprint density at radius 1 is 1.11 bits per heavy atom. The molecule has 1 heterocycles. The van der Waals surface area contributed by atoms with E-state index in [1.807, 2.05) is 72.6 Å². The SMILES string of the molecule is CN(Cc1ccccc1)C[C@@]1(O)CCN(C(=O)Cc2ccccc2)C[C@@H]1O. The predicted octanol–water partition coefficient (Wildman–Crippen LogP) is 1.69. The molecule has 1 fully saturated rings. The van der Waals surface area contributed by atoms with Gasteiger partial charge in [-0.1, -0.05) is 60.7 Å². The van der Waals surface area contributed by atoms with Crippen molar-refractivity contribution in [3.05, 3.63) is 71.8 Å². The second-order valence-corrected chi connectivity index (χ2v) is 7.53. The molecule has 0 saturated carbocycles. The lowest BCUT2D eigenvalue weighted by atomic mass is 9.87. The molecule has 2 N–H and O–H groups in total. The molecule has 0 aliphatic carbocycles. The van der Waals surface area contributed by atoms with Crippen molar-refractivity contribution in [3.63, 3.8) is 0 Å². The second kappa shape index (κ2) is 8.65. The van der Waals surface area contributed by atoms with E-state index in [4.69, 9.17) is 0 Å². The average Bonchev–Trinajstić information content (AvgIpc) is 2.65. The number of carbonyl (C=O) groups is 1. The van der Waals surface area contributed by atoms with Crippen LogP contribution in [0.25, 0.3) is 0 Å². The third-order valence-corrected chi connectivity index (χ3v) is 5.22. The Morgan fingerprint density at radius 2 is 1.70 bits per heavy atom. The lowest BCUT2D eigenvalue weighted by molar-refractivity contribution is -0.152. The maximum absolute atomic E-state index is 12.5. The van der Waals surface area contributed by atoms with E-state index in [9.17, 15) is 15.0 Å². The monoisotopic (exact) mass is 368 g/mol. The molecule has 3 rings (SSSR count). The predicted molar refractivity (Wildman–Crippen MR) is 105 cm³/mol. The van der Waals surface area contributed by atoms with Gasteiger partial charge in [0.2, 0.25) is 5.91 Å².